The highest BCUT2D eigenvalue weighted by molar-refractivity contribution is 7.98. The van der Waals surface area contributed by atoms with Gasteiger partial charge in [0.2, 0.25) is 5.91 Å². The molecule has 0 bridgehead atoms. The van der Waals surface area contributed by atoms with E-state index in [-0.39, 0.29) is 5.91 Å². The maximum Gasteiger partial charge on any atom is 0.224 e. The highest BCUT2D eigenvalue weighted by atomic mass is 32.2. The Hall–Kier alpha value is -0.610. The maximum absolute atomic E-state index is 11.7. The average molecular weight is 297 g/mol. The smallest absolute Gasteiger partial charge is 0.224 e. The minimum atomic E-state index is 0.107. The highest BCUT2D eigenvalue weighted by Crippen LogP contribution is 2.08. The number of unbranched alkanes of at least 4 members (excludes halogenated alkanes) is 3. The Kier molecular flexibility index (Phi) is 8.84. The van der Waals surface area contributed by atoms with Gasteiger partial charge in [0, 0.05) is 11.4 Å². The van der Waals surface area contributed by atoms with E-state index in [1.54, 1.807) is 0 Å². The van der Waals surface area contributed by atoms with E-state index in [0.29, 0.717) is 6.42 Å². The van der Waals surface area contributed by atoms with Gasteiger partial charge in [-0.05, 0) is 42.5 Å². The molecular formula is C15H23NOS2. The molecule has 4 heteroatoms. The van der Waals surface area contributed by atoms with Crippen molar-refractivity contribution >= 4 is 30.3 Å². The highest BCUT2D eigenvalue weighted by Gasteiger charge is 2.02. The molecule has 2 nitrogen and oxygen atoms in total. The molecule has 1 amide bonds. The van der Waals surface area contributed by atoms with Gasteiger partial charge in [-0.3, -0.25) is 4.79 Å². The maximum atomic E-state index is 11.7. The van der Waals surface area contributed by atoms with Crippen molar-refractivity contribution < 1.29 is 4.79 Å². The first-order valence-corrected chi connectivity index (χ1v) is 8.60. The number of nitrogens with one attached hydrogen (secondary N) is 1. The number of thioether (sulfide) groups is 1. The normalized spacial score (nSPS) is 10.4. The largest absolute Gasteiger partial charge is 0.356 e. The standard InChI is InChI=1S/C15H23NOS2/c1-19-11-5-3-2-4-10-16-15(17)12-13-6-8-14(18)9-7-13/h6-9,18H,2-5,10-12H2,1H3,(H,16,17). The van der Waals surface area contributed by atoms with Crippen molar-refractivity contribution in [2.24, 2.45) is 0 Å². The van der Waals surface area contributed by atoms with Crippen LogP contribution in [-0.2, 0) is 11.2 Å². The minimum absolute atomic E-state index is 0.107. The Balaban J connectivity index is 2.06. The predicted molar refractivity (Wildman–Crippen MR) is 87.3 cm³/mol. The van der Waals surface area contributed by atoms with Crippen LogP contribution in [0.4, 0.5) is 0 Å². The van der Waals surface area contributed by atoms with Gasteiger partial charge < -0.3 is 5.32 Å². The molecule has 0 aliphatic rings. The molecule has 0 saturated carbocycles. The second kappa shape index (κ2) is 10.2. The second-order valence-electron chi connectivity index (χ2n) is 4.60. The molecular weight excluding hydrogens is 274 g/mol. The number of amides is 1. The number of hydrogen-bond donors (Lipinski definition) is 2. The van der Waals surface area contributed by atoms with Crippen molar-refractivity contribution in [3.05, 3.63) is 29.8 Å². The Morgan fingerprint density at radius 2 is 1.84 bits per heavy atom. The van der Waals surface area contributed by atoms with Gasteiger partial charge in [-0.15, -0.1) is 12.6 Å². The fraction of sp³-hybridized carbons (Fsp3) is 0.533. The fourth-order valence-electron chi connectivity index (χ4n) is 1.81. The molecule has 0 fully saturated rings. The zero-order valence-electron chi connectivity index (χ0n) is 11.5. The van der Waals surface area contributed by atoms with E-state index in [9.17, 15) is 4.79 Å². The number of carbonyl (C=O) groups excluding carboxylic acids is 1. The summed E-state index contributed by atoms with van der Waals surface area (Å²) in [7, 11) is 0. The van der Waals surface area contributed by atoms with Gasteiger partial charge in [0.25, 0.3) is 0 Å². The third-order valence-corrected chi connectivity index (χ3v) is 3.89. The number of rotatable bonds is 9. The van der Waals surface area contributed by atoms with E-state index in [2.05, 4.69) is 24.2 Å². The molecule has 1 aromatic carbocycles. The summed E-state index contributed by atoms with van der Waals surface area (Å²) in [6.07, 6.45) is 7.43. The summed E-state index contributed by atoms with van der Waals surface area (Å²) in [5, 5.41) is 2.97. The first-order valence-electron chi connectivity index (χ1n) is 6.76. The number of benzene rings is 1. The van der Waals surface area contributed by atoms with Crippen molar-refractivity contribution in [3.8, 4) is 0 Å². The molecule has 1 N–H and O–H groups in total. The third kappa shape index (κ3) is 8.22. The summed E-state index contributed by atoms with van der Waals surface area (Å²) in [4.78, 5) is 12.6. The van der Waals surface area contributed by atoms with Crippen LogP contribution in [0.2, 0.25) is 0 Å². The summed E-state index contributed by atoms with van der Waals surface area (Å²) in [5.41, 5.74) is 1.04. The van der Waals surface area contributed by atoms with Gasteiger partial charge >= 0.3 is 0 Å². The Morgan fingerprint density at radius 1 is 1.16 bits per heavy atom. The molecule has 0 heterocycles. The Morgan fingerprint density at radius 3 is 2.53 bits per heavy atom. The molecule has 0 aromatic heterocycles. The lowest BCUT2D eigenvalue weighted by molar-refractivity contribution is -0.120. The summed E-state index contributed by atoms with van der Waals surface area (Å²) < 4.78 is 0. The van der Waals surface area contributed by atoms with Crippen molar-refractivity contribution in [1.82, 2.24) is 5.32 Å². The van der Waals surface area contributed by atoms with Crippen LogP contribution in [0.25, 0.3) is 0 Å². The van der Waals surface area contributed by atoms with Crippen LogP contribution in [0.5, 0.6) is 0 Å². The minimum Gasteiger partial charge on any atom is -0.356 e. The Bertz CT molecular complexity index is 365. The van der Waals surface area contributed by atoms with E-state index in [1.807, 2.05) is 36.0 Å². The fourth-order valence-corrected chi connectivity index (χ4v) is 2.46. The molecule has 0 unspecified atom stereocenters. The van der Waals surface area contributed by atoms with E-state index in [0.717, 1.165) is 23.4 Å². The second-order valence-corrected chi connectivity index (χ2v) is 6.10. The van der Waals surface area contributed by atoms with Gasteiger partial charge in [-0.2, -0.15) is 11.8 Å². The molecule has 0 spiro atoms. The first kappa shape index (κ1) is 16.4. The van der Waals surface area contributed by atoms with Crippen molar-refractivity contribution in [1.29, 1.82) is 0 Å². The van der Waals surface area contributed by atoms with Crippen LogP contribution in [0.3, 0.4) is 0 Å². The molecule has 1 aromatic rings. The number of carbonyl (C=O) groups is 1. The van der Waals surface area contributed by atoms with E-state index in [4.69, 9.17) is 0 Å². The number of thiol groups is 1. The quantitative estimate of drug-likeness (QED) is 0.539. The van der Waals surface area contributed by atoms with Crippen molar-refractivity contribution in [2.45, 2.75) is 37.0 Å². The molecule has 1 rings (SSSR count). The van der Waals surface area contributed by atoms with Crippen LogP contribution in [-0.4, -0.2) is 24.5 Å². The lowest BCUT2D eigenvalue weighted by Crippen LogP contribution is -2.26. The zero-order valence-corrected chi connectivity index (χ0v) is 13.2. The van der Waals surface area contributed by atoms with Crippen molar-refractivity contribution in [2.75, 3.05) is 18.6 Å². The molecule has 0 aliphatic carbocycles. The summed E-state index contributed by atoms with van der Waals surface area (Å²) >= 11 is 6.12. The van der Waals surface area contributed by atoms with Crippen LogP contribution in [0.1, 0.15) is 31.2 Å². The SMILES string of the molecule is CSCCCCCCNC(=O)Cc1ccc(S)cc1. The molecule has 0 radical (unpaired) electrons. The van der Waals surface area contributed by atoms with Gasteiger partial charge in [-0.1, -0.05) is 25.0 Å². The molecule has 106 valence electrons. The molecule has 19 heavy (non-hydrogen) atoms. The predicted octanol–water partition coefficient (Wildman–Crippen LogP) is 3.56. The number of hydrogen-bond acceptors (Lipinski definition) is 3. The van der Waals surface area contributed by atoms with Crippen LogP contribution in [0.15, 0.2) is 29.2 Å². The lowest BCUT2D eigenvalue weighted by Gasteiger charge is -2.05. The van der Waals surface area contributed by atoms with E-state index >= 15 is 0 Å². The third-order valence-electron chi connectivity index (χ3n) is 2.90. The van der Waals surface area contributed by atoms with E-state index < -0.39 is 0 Å². The molecule has 0 aliphatic heterocycles. The van der Waals surface area contributed by atoms with Gasteiger partial charge in [-0.25, -0.2) is 0 Å². The van der Waals surface area contributed by atoms with Gasteiger partial charge in [0.15, 0.2) is 0 Å². The van der Waals surface area contributed by atoms with Crippen LogP contribution < -0.4 is 5.32 Å². The van der Waals surface area contributed by atoms with Crippen LogP contribution >= 0.6 is 24.4 Å². The first-order chi connectivity index (χ1) is 9.22. The topological polar surface area (TPSA) is 29.1 Å². The van der Waals surface area contributed by atoms with Gasteiger partial charge in [0.05, 0.1) is 6.42 Å². The lowest BCUT2D eigenvalue weighted by atomic mass is 10.1. The molecule has 0 saturated heterocycles. The Labute approximate surface area is 126 Å². The average Bonchev–Trinajstić information content (AvgIpc) is 2.40. The van der Waals surface area contributed by atoms with Crippen LogP contribution in [0, 0.1) is 0 Å². The zero-order chi connectivity index (χ0) is 13.9. The van der Waals surface area contributed by atoms with Gasteiger partial charge in [0.1, 0.15) is 0 Å². The van der Waals surface area contributed by atoms with E-state index in [1.165, 1.54) is 25.0 Å². The monoisotopic (exact) mass is 297 g/mol. The molecule has 0 atom stereocenters. The summed E-state index contributed by atoms with van der Waals surface area (Å²) in [6.45, 7) is 0.794. The summed E-state index contributed by atoms with van der Waals surface area (Å²) in [6, 6.07) is 7.73. The summed E-state index contributed by atoms with van der Waals surface area (Å²) in [5.74, 6) is 1.35. The van der Waals surface area contributed by atoms with Crippen molar-refractivity contribution in [3.63, 3.8) is 0 Å².